The number of rotatable bonds is 4. The first-order valence-corrected chi connectivity index (χ1v) is 8.88. The van der Waals surface area contributed by atoms with Gasteiger partial charge in [0, 0.05) is 38.3 Å². The molecular formula is C18H33N3O2. The quantitative estimate of drug-likeness (QED) is 0.808. The number of amides is 1. The molecule has 2 aliphatic rings. The second-order valence-electron chi connectivity index (χ2n) is 7.99. The molecule has 1 fully saturated rings. The van der Waals surface area contributed by atoms with E-state index in [1.165, 1.54) is 18.5 Å². The molecule has 0 aromatic carbocycles. The maximum Gasteiger partial charge on any atom is 0.410 e. The summed E-state index contributed by atoms with van der Waals surface area (Å²) in [6.45, 7) is 14.9. The van der Waals surface area contributed by atoms with Gasteiger partial charge < -0.3 is 15.0 Å². The minimum atomic E-state index is -0.423. The molecule has 0 aromatic rings. The van der Waals surface area contributed by atoms with Crippen LogP contribution in [0, 0.1) is 0 Å². The van der Waals surface area contributed by atoms with Crippen LogP contribution in [0.2, 0.25) is 0 Å². The summed E-state index contributed by atoms with van der Waals surface area (Å²) >= 11 is 0. The maximum atomic E-state index is 12.0. The third-order valence-corrected chi connectivity index (χ3v) is 4.52. The van der Waals surface area contributed by atoms with Crippen LogP contribution in [0.4, 0.5) is 4.79 Å². The van der Waals surface area contributed by atoms with E-state index in [-0.39, 0.29) is 6.09 Å². The van der Waals surface area contributed by atoms with Crippen LogP contribution in [-0.4, -0.2) is 66.3 Å². The molecule has 2 aliphatic heterocycles. The standard InChI is InChI=1S/C18H33N3O2/c1-14(2)21-11-8-16(13-21)19-12-15-6-9-20(10-7-15)17(22)23-18(3,4)5/h6,14,16,19H,7-13H2,1-5H3. The molecule has 0 radical (unpaired) electrons. The smallest absolute Gasteiger partial charge is 0.410 e. The lowest BCUT2D eigenvalue weighted by molar-refractivity contribution is 0.0265. The normalized spacial score (nSPS) is 23.3. The van der Waals surface area contributed by atoms with Crippen LogP contribution >= 0.6 is 0 Å². The molecule has 2 rings (SSSR count). The van der Waals surface area contributed by atoms with E-state index < -0.39 is 5.60 Å². The van der Waals surface area contributed by atoms with Gasteiger partial charge in [-0.05, 0) is 54.0 Å². The Balaban J connectivity index is 1.72. The highest BCUT2D eigenvalue weighted by molar-refractivity contribution is 5.68. The number of carbonyl (C=O) groups excluding carboxylic acids is 1. The van der Waals surface area contributed by atoms with Crippen molar-refractivity contribution in [2.24, 2.45) is 0 Å². The molecule has 1 amide bonds. The summed E-state index contributed by atoms with van der Waals surface area (Å²) in [6.07, 6.45) is 4.14. The molecule has 0 spiro atoms. The summed E-state index contributed by atoms with van der Waals surface area (Å²) in [5.41, 5.74) is 0.987. The first-order chi connectivity index (χ1) is 10.7. The zero-order chi connectivity index (χ0) is 17.0. The van der Waals surface area contributed by atoms with Crippen LogP contribution in [0.1, 0.15) is 47.5 Å². The Morgan fingerprint density at radius 2 is 2.13 bits per heavy atom. The summed E-state index contributed by atoms with van der Waals surface area (Å²) in [4.78, 5) is 16.3. The average molecular weight is 323 g/mol. The van der Waals surface area contributed by atoms with Crippen molar-refractivity contribution in [3.8, 4) is 0 Å². The van der Waals surface area contributed by atoms with Gasteiger partial charge in [-0.3, -0.25) is 4.90 Å². The molecule has 23 heavy (non-hydrogen) atoms. The second-order valence-corrected chi connectivity index (χ2v) is 7.99. The fourth-order valence-corrected chi connectivity index (χ4v) is 3.06. The molecule has 0 aliphatic carbocycles. The second kappa shape index (κ2) is 7.67. The lowest BCUT2D eigenvalue weighted by Crippen LogP contribution is -2.41. The average Bonchev–Trinajstić information content (AvgIpc) is 2.93. The Hall–Kier alpha value is -1.07. The van der Waals surface area contributed by atoms with E-state index in [0.717, 1.165) is 26.1 Å². The summed E-state index contributed by atoms with van der Waals surface area (Å²) < 4.78 is 5.42. The van der Waals surface area contributed by atoms with E-state index in [1.807, 2.05) is 20.8 Å². The van der Waals surface area contributed by atoms with Crippen LogP contribution in [0.3, 0.4) is 0 Å². The van der Waals surface area contributed by atoms with Crippen molar-refractivity contribution >= 4 is 6.09 Å². The van der Waals surface area contributed by atoms with E-state index in [2.05, 4.69) is 30.1 Å². The van der Waals surface area contributed by atoms with Gasteiger partial charge in [0.05, 0.1) is 0 Å². The summed E-state index contributed by atoms with van der Waals surface area (Å²) in [5, 5.41) is 3.67. The molecule has 2 heterocycles. The first kappa shape index (κ1) is 18.3. The number of nitrogens with one attached hydrogen (secondary N) is 1. The molecule has 5 heteroatoms. The first-order valence-electron chi connectivity index (χ1n) is 8.88. The van der Waals surface area contributed by atoms with Crippen molar-refractivity contribution in [3.05, 3.63) is 11.6 Å². The molecule has 132 valence electrons. The Kier molecular flexibility index (Phi) is 6.09. The molecule has 0 bridgehead atoms. The van der Waals surface area contributed by atoms with Gasteiger partial charge in [-0.2, -0.15) is 0 Å². The van der Waals surface area contributed by atoms with Gasteiger partial charge in [0.25, 0.3) is 0 Å². The Morgan fingerprint density at radius 3 is 2.65 bits per heavy atom. The fraction of sp³-hybridized carbons (Fsp3) is 0.833. The third kappa shape index (κ3) is 5.81. The Morgan fingerprint density at radius 1 is 1.39 bits per heavy atom. The minimum Gasteiger partial charge on any atom is -0.444 e. The van der Waals surface area contributed by atoms with E-state index in [4.69, 9.17) is 4.74 Å². The fourth-order valence-electron chi connectivity index (χ4n) is 3.06. The van der Waals surface area contributed by atoms with Gasteiger partial charge in [-0.15, -0.1) is 0 Å². The molecule has 1 N–H and O–H groups in total. The highest BCUT2D eigenvalue weighted by Gasteiger charge is 2.25. The van der Waals surface area contributed by atoms with Crippen molar-refractivity contribution < 1.29 is 9.53 Å². The molecule has 1 atom stereocenters. The van der Waals surface area contributed by atoms with Gasteiger partial charge in [0.15, 0.2) is 0 Å². The SMILES string of the molecule is CC(C)N1CCC(NCC2=CCN(C(=O)OC(C)(C)C)CC2)C1. The van der Waals surface area contributed by atoms with Crippen molar-refractivity contribution in [1.29, 1.82) is 0 Å². The van der Waals surface area contributed by atoms with Gasteiger partial charge in [0.1, 0.15) is 5.60 Å². The molecule has 0 saturated carbocycles. The van der Waals surface area contributed by atoms with E-state index >= 15 is 0 Å². The number of nitrogens with zero attached hydrogens (tertiary/aromatic N) is 2. The lowest BCUT2D eigenvalue weighted by atomic mass is 10.1. The van der Waals surface area contributed by atoms with Crippen molar-refractivity contribution in [2.45, 2.75) is 65.1 Å². The topological polar surface area (TPSA) is 44.8 Å². The van der Waals surface area contributed by atoms with E-state index in [1.54, 1.807) is 4.90 Å². The molecule has 1 saturated heterocycles. The van der Waals surface area contributed by atoms with Crippen LogP contribution in [0.25, 0.3) is 0 Å². The van der Waals surface area contributed by atoms with E-state index in [9.17, 15) is 4.79 Å². The van der Waals surface area contributed by atoms with Gasteiger partial charge in [0.2, 0.25) is 0 Å². The van der Waals surface area contributed by atoms with Crippen LogP contribution in [-0.2, 0) is 4.74 Å². The van der Waals surface area contributed by atoms with Gasteiger partial charge in [-0.1, -0.05) is 11.6 Å². The zero-order valence-electron chi connectivity index (χ0n) is 15.4. The largest absolute Gasteiger partial charge is 0.444 e. The third-order valence-electron chi connectivity index (χ3n) is 4.52. The van der Waals surface area contributed by atoms with Crippen molar-refractivity contribution in [1.82, 2.24) is 15.1 Å². The van der Waals surface area contributed by atoms with E-state index in [0.29, 0.717) is 18.6 Å². The number of ether oxygens (including phenoxy) is 1. The molecule has 1 unspecified atom stereocenters. The summed E-state index contributed by atoms with van der Waals surface area (Å²) in [7, 11) is 0. The predicted octanol–water partition coefficient (Wildman–Crippen LogP) is 2.63. The number of carbonyl (C=O) groups is 1. The summed E-state index contributed by atoms with van der Waals surface area (Å²) in [5.74, 6) is 0. The number of likely N-dealkylation sites (tertiary alicyclic amines) is 1. The van der Waals surface area contributed by atoms with Crippen LogP contribution in [0.5, 0.6) is 0 Å². The van der Waals surface area contributed by atoms with Crippen molar-refractivity contribution in [2.75, 3.05) is 32.7 Å². The van der Waals surface area contributed by atoms with Crippen LogP contribution < -0.4 is 5.32 Å². The number of hydrogen-bond donors (Lipinski definition) is 1. The summed E-state index contributed by atoms with van der Waals surface area (Å²) in [6, 6.07) is 1.24. The predicted molar refractivity (Wildman–Crippen MR) is 93.6 cm³/mol. The maximum absolute atomic E-state index is 12.0. The van der Waals surface area contributed by atoms with Crippen LogP contribution in [0.15, 0.2) is 11.6 Å². The monoisotopic (exact) mass is 323 g/mol. The minimum absolute atomic E-state index is 0.205. The molecule has 0 aromatic heterocycles. The lowest BCUT2D eigenvalue weighted by Gasteiger charge is -2.30. The Bertz CT molecular complexity index is 440. The highest BCUT2D eigenvalue weighted by atomic mass is 16.6. The van der Waals surface area contributed by atoms with Gasteiger partial charge >= 0.3 is 6.09 Å². The Labute approximate surface area is 141 Å². The zero-order valence-corrected chi connectivity index (χ0v) is 15.4. The number of hydrogen-bond acceptors (Lipinski definition) is 4. The van der Waals surface area contributed by atoms with Crippen molar-refractivity contribution in [3.63, 3.8) is 0 Å². The molecular weight excluding hydrogens is 290 g/mol. The van der Waals surface area contributed by atoms with Gasteiger partial charge in [-0.25, -0.2) is 4.79 Å². The molecule has 5 nitrogen and oxygen atoms in total. The highest BCUT2D eigenvalue weighted by Crippen LogP contribution is 2.16.